The Labute approximate surface area is 233 Å². The van der Waals surface area contributed by atoms with Crippen molar-refractivity contribution < 1.29 is 37.0 Å². The smallest absolute Gasteiger partial charge is 0.424 e. The van der Waals surface area contributed by atoms with Gasteiger partial charge in [0.05, 0.1) is 17.3 Å². The van der Waals surface area contributed by atoms with E-state index in [2.05, 4.69) is 10.3 Å². The minimum Gasteiger partial charge on any atom is -0.489 e. The fourth-order valence-corrected chi connectivity index (χ4v) is 5.82. The molecule has 13 heteroatoms. The lowest BCUT2D eigenvalue weighted by molar-refractivity contribution is -0.265. The van der Waals surface area contributed by atoms with Crippen molar-refractivity contribution in [3.05, 3.63) is 81.6 Å². The second-order valence-corrected chi connectivity index (χ2v) is 10.9. The number of carbonyl (C=O) groups is 2. The second kappa shape index (κ2) is 9.72. The molecule has 0 saturated heterocycles. The van der Waals surface area contributed by atoms with E-state index in [1.54, 1.807) is 24.3 Å². The van der Waals surface area contributed by atoms with Crippen LogP contribution in [0.1, 0.15) is 27.9 Å². The number of aromatic nitrogens is 1. The molecule has 0 spiro atoms. The van der Waals surface area contributed by atoms with Gasteiger partial charge in [-0.05, 0) is 43.3 Å². The molecule has 2 amide bonds. The Morgan fingerprint density at radius 3 is 2.50 bits per heavy atom. The number of aliphatic hydroxyl groups is 1. The van der Waals surface area contributed by atoms with Crippen LogP contribution in [0.15, 0.2) is 54.6 Å². The number of nitrogens with one attached hydrogen (secondary N) is 1. The standard InChI is InChI=1S/C27H20ClF4N3O4S/c1-25(24(33)37)12-39-21-16(25)10-18(35-20(21)13-6-8-14(29)9-7-13)26(38,27(30,31)32)11-34-23(36)22-19(28)15-4-2-3-5-17(15)40-22/h2-10,38H,11-12H2,1H3,(H2,33,37)(H,34,36)/t25-,26?/m0/s1. The molecular weight excluding hydrogens is 574 g/mol. The molecule has 5 rings (SSSR count). The van der Waals surface area contributed by atoms with Crippen molar-refractivity contribution in [2.75, 3.05) is 13.2 Å². The first-order chi connectivity index (χ1) is 18.8. The molecule has 40 heavy (non-hydrogen) atoms. The van der Waals surface area contributed by atoms with Crippen LogP contribution in [0.2, 0.25) is 5.02 Å². The highest BCUT2D eigenvalue weighted by atomic mass is 35.5. The lowest BCUT2D eigenvalue weighted by Crippen LogP contribution is -2.51. The highest BCUT2D eigenvalue weighted by Crippen LogP contribution is 2.47. The Morgan fingerprint density at radius 2 is 1.88 bits per heavy atom. The molecule has 1 aliphatic heterocycles. The first kappa shape index (κ1) is 27.8. The van der Waals surface area contributed by atoms with E-state index < -0.39 is 47.1 Å². The first-order valence-electron chi connectivity index (χ1n) is 11.8. The number of halogens is 5. The SMILES string of the molecule is C[C@]1(C(N)=O)COc2c1cc(C(O)(CNC(=O)c1sc3ccccc3c1Cl)C(F)(F)F)nc2-c1ccc(F)cc1. The summed E-state index contributed by atoms with van der Waals surface area (Å²) in [4.78, 5) is 29.3. The highest BCUT2D eigenvalue weighted by molar-refractivity contribution is 7.21. The van der Waals surface area contributed by atoms with Crippen LogP contribution in [0, 0.1) is 5.82 Å². The van der Waals surface area contributed by atoms with Crippen molar-refractivity contribution >= 4 is 44.8 Å². The van der Waals surface area contributed by atoms with Crippen LogP contribution in [-0.4, -0.2) is 41.2 Å². The zero-order chi connectivity index (χ0) is 29.0. The van der Waals surface area contributed by atoms with Gasteiger partial charge in [-0.25, -0.2) is 9.37 Å². The van der Waals surface area contributed by atoms with Gasteiger partial charge < -0.3 is 20.9 Å². The maximum absolute atomic E-state index is 14.5. The molecule has 0 radical (unpaired) electrons. The number of amides is 2. The Balaban J connectivity index is 1.60. The summed E-state index contributed by atoms with van der Waals surface area (Å²) in [5.74, 6) is -2.44. The minimum atomic E-state index is -5.34. The maximum Gasteiger partial charge on any atom is 0.424 e. The normalized spacial score (nSPS) is 18.2. The van der Waals surface area contributed by atoms with Gasteiger partial charge in [0, 0.05) is 21.2 Å². The lowest BCUT2D eigenvalue weighted by atomic mass is 9.81. The van der Waals surface area contributed by atoms with Crippen molar-refractivity contribution in [2.24, 2.45) is 5.73 Å². The Bertz CT molecular complexity index is 1660. The molecule has 0 saturated carbocycles. The molecule has 2 aromatic heterocycles. The van der Waals surface area contributed by atoms with Crippen LogP contribution in [0.4, 0.5) is 17.6 Å². The number of hydrogen-bond acceptors (Lipinski definition) is 6. The third-order valence-corrected chi connectivity index (χ3v) is 8.55. The van der Waals surface area contributed by atoms with Crippen LogP contribution in [0.25, 0.3) is 21.3 Å². The van der Waals surface area contributed by atoms with E-state index in [0.29, 0.717) is 10.1 Å². The van der Waals surface area contributed by atoms with E-state index in [0.717, 1.165) is 29.5 Å². The van der Waals surface area contributed by atoms with Crippen LogP contribution >= 0.6 is 22.9 Å². The number of hydrogen-bond donors (Lipinski definition) is 3. The number of rotatable bonds is 6. The topological polar surface area (TPSA) is 115 Å². The largest absolute Gasteiger partial charge is 0.489 e. The number of ether oxygens (including phenoxy) is 1. The number of fused-ring (bicyclic) bond motifs is 2. The summed E-state index contributed by atoms with van der Waals surface area (Å²) < 4.78 is 63.5. The molecule has 1 aliphatic rings. The number of carbonyl (C=O) groups excluding carboxylic acids is 2. The number of thiophene rings is 1. The maximum atomic E-state index is 14.5. The lowest BCUT2D eigenvalue weighted by Gasteiger charge is -2.31. The molecule has 0 fully saturated rings. The van der Waals surface area contributed by atoms with Gasteiger partial charge in [-0.2, -0.15) is 13.2 Å². The molecular formula is C27H20ClF4N3O4S. The van der Waals surface area contributed by atoms with Crippen LogP contribution in [0.3, 0.4) is 0 Å². The summed E-state index contributed by atoms with van der Waals surface area (Å²) in [6, 6.07) is 12.4. The minimum absolute atomic E-state index is 0.0257. The van der Waals surface area contributed by atoms with Crippen molar-refractivity contribution in [1.82, 2.24) is 10.3 Å². The Hall–Kier alpha value is -3.74. The summed E-state index contributed by atoms with van der Waals surface area (Å²) in [5.41, 5.74) is -0.654. The number of nitrogens with zero attached hydrogens (tertiary/aromatic N) is 1. The van der Waals surface area contributed by atoms with E-state index in [1.165, 1.54) is 19.1 Å². The summed E-state index contributed by atoms with van der Waals surface area (Å²) in [6.45, 7) is -0.234. The summed E-state index contributed by atoms with van der Waals surface area (Å²) >= 11 is 7.29. The molecule has 2 aromatic carbocycles. The second-order valence-electron chi connectivity index (χ2n) is 9.51. The van der Waals surface area contributed by atoms with Gasteiger partial charge in [0.25, 0.3) is 5.91 Å². The molecule has 4 N–H and O–H groups in total. The Kier molecular flexibility index (Phi) is 6.76. The summed E-state index contributed by atoms with van der Waals surface area (Å²) in [6.07, 6.45) is -5.34. The average Bonchev–Trinajstić information content (AvgIpc) is 3.44. The van der Waals surface area contributed by atoms with Gasteiger partial charge in [-0.15, -0.1) is 11.3 Å². The average molecular weight is 594 g/mol. The summed E-state index contributed by atoms with van der Waals surface area (Å²) in [5, 5.41) is 13.9. The van der Waals surface area contributed by atoms with Crippen LogP contribution < -0.4 is 15.8 Å². The quantitative estimate of drug-likeness (QED) is 0.270. The molecule has 7 nitrogen and oxygen atoms in total. The van der Waals surface area contributed by atoms with Crippen molar-refractivity contribution in [1.29, 1.82) is 0 Å². The molecule has 0 aliphatic carbocycles. The summed E-state index contributed by atoms with van der Waals surface area (Å²) in [7, 11) is 0. The predicted octanol–water partition coefficient (Wildman–Crippen LogP) is 5.07. The number of alkyl halides is 3. The first-order valence-corrected chi connectivity index (χ1v) is 12.9. The fourth-order valence-electron chi connectivity index (χ4n) is 4.39. The van der Waals surface area contributed by atoms with E-state index in [9.17, 15) is 32.3 Å². The van der Waals surface area contributed by atoms with E-state index in [4.69, 9.17) is 22.1 Å². The van der Waals surface area contributed by atoms with Crippen molar-refractivity contribution in [3.8, 4) is 17.0 Å². The van der Waals surface area contributed by atoms with Crippen LogP contribution in [0.5, 0.6) is 5.75 Å². The highest BCUT2D eigenvalue weighted by Gasteiger charge is 2.57. The molecule has 4 aromatic rings. The molecule has 1 unspecified atom stereocenters. The zero-order valence-corrected chi connectivity index (χ0v) is 22.2. The molecule has 208 valence electrons. The monoisotopic (exact) mass is 593 g/mol. The van der Waals surface area contributed by atoms with E-state index in [1.807, 2.05) is 0 Å². The third-order valence-electron chi connectivity index (χ3n) is 6.87. The van der Waals surface area contributed by atoms with Crippen molar-refractivity contribution in [3.63, 3.8) is 0 Å². The number of pyridine rings is 1. The third kappa shape index (κ3) is 4.45. The number of nitrogens with two attached hydrogens (primary N) is 1. The Morgan fingerprint density at radius 1 is 1.20 bits per heavy atom. The fraction of sp³-hybridized carbons (Fsp3) is 0.222. The number of benzene rings is 2. The number of primary amides is 1. The van der Waals surface area contributed by atoms with Gasteiger partial charge in [0.15, 0.2) is 0 Å². The molecule has 3 heterocycles. The van der Waals surface area contributed by atoms with Crippen molar-refractivity contribution in [2.45, 2.75) is 24.1 Å². The van der Waals surface area contributed by atoms with E-state index >= 15 is 0 Å². The van der Waals surface area contributed by atoms with Gasteiger partial charge in [0.1, 0.15) is 34.2 Å². The predicted molar refractivity (Wildman–Crippen MR) is 141 cm³/mol. The molecule has 2 atom stereocenters. The van der Waals surface area contributed by atoms with E-state index in [-0.39, 0.29) is 39.1 Å². The van der Waals surface area contributed by atoms with Gasteiger partial charge in [-0.1, -0.05) is 29.8 Å². The zero-order valence-electron chi connectivity index (χ0n) is 20.6. The van der Waals surface area contributed by atoms with Gasteiger partial charge in [-0.3, -0.25) is 9.59 Å². The van der Waals surface area contributed by atoms with Gasteiger partial charge >= 0.3 is 6.18 Å². The van der Waals surface area contributed by atoms with Gasteiger partial charge in [0.2, 0.25) is 11.5 Å². The van der Waals surface area contributed by atoms with Crippen LogP contribution in [-0.2, 0) is 15.8 Å². The molecule has 0 bridgehead atoms.